The molecule has 0 saturated carbocycles. The van der Waals surface area contributed by atoms with Gasteiger partial charge in [-0.3, -0.25) is 0 Å². The summed E-state index contributed by atoms with van der Waals surface area (Å²) >= 11 is 3.22. The molecule has 0 saturated heterocycles. The van der Waals surface area contributed by atoms with E-state index in [-0.39, 0.29) is 17.9 Å². The van der Waals surface area contributed by atoms with Gasteiger partial charge < -0.3 is 9.67 Å². The summed E-state index contributed by atoms with van der Waals surface area (Å²) in [5.41, 5.74) is 1.33. The summed E-state index contributed by atoms with van der Waals surface area (Å²) in [5.74, 6) is -1.31. The fraction of sp³-hybridized carbons (Fsp3) is 0.0625. The first-order chi connectivity index (χ1) is 10.1. The van der Waals surface area contributed by atoms with Gasteiger partial charge in [0.25, 0.3) is 0 Å². The third kappa shape index (κ3) is 2.56. The van der Waals surface area contributed by atoms with Crippen LogP contribution in [0.3, 0.4) is 0 Å². The lowest BCUT2D eigenvalue weighted by molar-refractivity contribution is 0.0698. The van der Waals surface area contributed by atoms with Crippen LogP contribution in [0.25, 0.3) is 10.9 Å². The van der Waals surface area contributed by atoms with E-state index in [4.69, 9.17) is 0 Å². The smallest absolute Gasteiger partial charge is 0.337 e. The second-order valence-corrected chi connectivity index (χ2v) is 5.64. The van der Waals surface area contributed by atoms with E-state index < -0.39 is 5.97 Å². The number of hydrogen-bond donors (Lipinski definition) is 1. The Morgan fingerprint density at radius 1 is 1.24 bits per heavy atom. The number of aromatic nitrogens is 1. The Bertz CT molecular complexity index is 841. The van der Waals surface area contributed by atoms with Crippen molar-refractivity contribution in [3.05, 3.63) is 70.1 Å². The Balaban J connectivity index is 2.11. The Labute approximate surface area is 128 Å². The zero-order valence-electron chi connectivity index (χ0n) is 10.9. The Morgan fingerprint density at radius 3 is 2.76 bits per heavy atom. The molecule has 5 heteroatoms. The lowest BCUT2D eigenvalue weighted by atomic mass is 10.1. The number of halogens is 2. The average Bonchev–Trinajstić information content (AvgIpc) is 2.85. The van der Waals surface area contributed by atoms with Gasteiger partial charge in [0, 0.05) is 21.6 Å². The molecule has 21 heavy (non-hydrogen) atoms. The Hall–Kier alpha value is -2.14. The number of carboxylic acids is 1. The van der Waals surface area contributed by atoms with Crippen LogP contribution < -0.4 is 0 Å². The van der Waals surface area contributed by atoms with E-state index in [0.717, 1.165) is 5.39 Å². The number of carbonyl (C=O) groups is 1. The first kappa shape index (κ1) is 13.8. The van der Waals surface area contributed by atoms with E-state index in [0.29, 0.717) is 15.6 Å². The maximum Gasteiger partial charge on any atom is 0.337 e. The molecule has 0 spiro atoms. The fourth-order valence-electron chi connectivity index (χ4n) is 2.40. The highest BCUT2D eigenvalue weighted by molar-refractivity contribution is 9.10. The molecule has 0 aliphatic carbocycles. The molecule has 0 aliphatic rings. The second kappa shape index (κ2) is 5.33. The van der Waals surface area contributed by atoms with Crippen molar-refractivity contribution in [1.82, 2.24) is 4.57 Å². The largest absolute Gasteiger partial charge is 0.478 e. The first-order valence-corrected chi connectivity index (χ1v) is 7.10. The molecule has 0 atom stereocenters. The molecule has 3 nitrogen and oxygen atoms in total. The van der Waals surface area contributed by atoms with Crippen molar-refractivity contribution in [2.75, 3.05) is 0 Å². The van der Waals surface area contributed by atoms with Crippen LogP contribution in [0.15, 0.2) is 53.1 Å². The lowest BCUT2D eigenvalue weighted by Crippen LogP contribution is -2.05. The van der Waals surface area contributed by atoms with E-state index >= 15 is 0 Å². The monoisotopic (exact) mass is 347 g/mol. The molecule has 0 fully saturated rings. The molecule has 106 valence electrons. The number of carboxylic acid groups (broad SMARTS) is 1. The summed E-state index contributed by atoms with van der Waals surface area (Å²) in [7, 11) is 0. The van der Waals surface area contributed by atoms with Gasteiger partial charge in [-0.05, 0) is 24.3 Å². The zero-order valence-corrected chi connectivity index (χ0v) is 12.5. The van der Waals surface area contributed by atoms with Crippen molar-refractivity contribution in [2.45, 2.75) is 6.54 Å². The first-order valence-electron chi connectivity index (χ1n) is 6.31. The van der Waals surface area contributed by atoms with Crippen molar-refractivity contribution < 1.29 is 14.3 Å². The van der Waals surface area contributed by atoms with Crippen LogP contribution in [0.1, 0.15) is 15.9 Å². The number of rotatable bonds is 3. The van der Waals surface area contributed by atoms with Crippen LogP contribution in [0, 0.1) is 5.82 Å². The second-order valence-electron chi connectivity index (χ2n) is 4.73. The van der Waals surface area contributed by atoms with Crippen LogP contribution in [-0.2, 0) is 6.54 Å². The molecular formula is C16H11BrFNO2. The van der Waals surface area contributed by atoms with Crippen molar-refractivity contribution in [3.63, 3.8) is 0 Å². The summed E-state index contributed by atoms with van der Waals surface area (Å²) in [5, 5.41) is 10.1. The highest BCUT2D eigenvalue weighted by Gasteiger charge is 2.13. The van der Waals surface area contributed by atoms with Gasteiger partial charge in [-0.15, -0.1) is 0 Å². The fourth-order valence-corrected chi connectivity index (χ4v) is 2.73. The number of hydrogen-bond acceptors (Lipinski definition) is 1. The summed E-state index contributed by atoms with van der Waals surface area (Å²) in [6, 6.07) is 11.8. The maximum atomic E-state index is 13.9. The minimum atomic E-state index is -0.989. The summed E-state index contributed by atoms with van der Waals surface area (Å²) in [6.45, 7) is 0.285. The molecular weight excluding hydrogens is 337 g/mol. The van der Waals surface area contributed by atoms with Crippen LogP contribution in [-0.4, -0.2) is 15.6 Å². The molecule has 3 rings (SSSR count). The third-order valence-corrected chi connectivity index (χ3v) is 3.87. The molecule has 1 aromatic heterocycles. The molecule has 0 amide bonds. The van der Waals surface area contributed by atoms with Gasteiger partial charge in [0.1, 0.15) is 5.82 Å². The van der Waals surface area contributed by atoms with Crippen LogP contribution >= 0.6 is 15.9 Å². The van der Waals surface area contributed by atoms with Gasteiger partial charge in [0.05, 0.1) is 17.6 Å². The third-order valence-electron chi connectivity index (χ3n) is 3.37. The molecule has 0 aliphatic heterocycles. The summed E-state index contributed by atoms with van der Waals surface area (Å²) in [6.07, 6.45) is 1.78. The number of aromatic carboxylic acids is 1. The maximum absolute atomic E-state index is 13.9. The predicted molar refractivity (Wildman–Crippen MR) is 82.1 cm³/mol. The normalized spacial score (nSPS) is 11.0. The highest BCUT2D eigenvalue weighted by Crippen LogP contribution is 2.23. The minimum absolute atomic E-state index is 0.218. The van der Waals surface area contributed by atoms with Gasteiger partial charge in [0.2, 0.25) is 0 Å². The van der Waals surface area contributed by atoms with Crippen molar-refractivity contribution in [2.24, 2.45) is 0 Å². The topological polar surface area (TPSA) is 42.2 Å². The Morgan fingerprint density at radius 2 is 2.05 bits per heavy atom. The minimum Gasteiger partial charge on any atom is -0.478 e. The van der Waals surface area contributed by atoms with Gasteiger partial charge in [-0.2, -0.15) is 0 Å². The van der Waals surface area contributed by atoms with Gasteiger partial charge >= 0.3 is 5.97 Å². The molecule has 3 aromatic rings. The number of para-hydroxylation sites is 1. The lowest BCUT2D eigenvalue weighted by Gasteiger charge is -2.09. The van der Waals surface area contributed by atoms with Crippen LogP contribution in [0.4, 0.5) is 4.39 Å². The average molecular weight is 348 g/mol. The predicted octanol–water partition coefficient (Wildman–Crippen LogP) is 4.29. The summed E-state index contributed by atoms with van der Waals surface area (Å²) in [4.78, 5) is 11.3. The van der Waals surface area contributed by atoms with E-state index in [1.165, 1.54) is 6.07 Å². The zero-order chi connectivity index (χ0) is 15.0. The van der Waals surface area contributed by atoms with Gasteiger partial charge in [-0.25, -0.2) is 9.18 Å². The number of benzene rings is 2. The van der Waals surface area contributed by atoms with E-state index in [1.807, 2.05) is 12.1 Å². The van der Waals surface area contributed by atoms with E-state index in [9.17, 15) is 14.3 Å². The van der Waals surface area contributed by atoms with Crippen molar-refractivity contribution >= 4 is 32.8 Å². The molecule has 1 heterocycles. The highest BCUT2D eigenvalue weighted by atomic mass is 79.9. The van der Waals surface area contributed by atoms with Crippen molar-refractivity contribution in [3.8, 4) is 0 Å². The SMILES string of the molecule is O=C(O)c1cccc2ccn(Cc3ccc(Br)cc3F)c12. The van der Waals surface area contributed by atoms with Crippen molar-refractivity contribution in [1.29, 1.82) is 0 Å². The molecule has 0 unspecified atom stereocenters. The van der Waals surface area contributed by atoms with E-state index in [2.05, 4.69) is 15.9 Å². The van der Waals surface area contributed by atoms with Gasteiger partial charge in [-0.1, -0.05) is 34.1 Å². The number of fused-ring (bicyclic) bond motifs is 1. The van der Waals surface area contributed by atoms with Crippen LogP contribution in [0.5, 0.6) is 0 Å². The summed E-state index contributed by atoms with van der Waals surface area (Å²) < 4.78 is 16.4. The number of nitrogens with zero attached hydrogens (tertiary/aromatic N) is 1. The standard InChI is InChI=1S/C16H11BrFNO2/c17-12-5-4-11(14(18)8-12)9-19-7-6-10-2-1-3-13(15(10)19)16(20)21/h1-8H,9H2,(H,20,21). The molecule has 0 bridgehead atoms. The Kier molecular flexibility index (Phi) is 3.51. The molecule has 1 N–H and O–H groups in total. The molecule has 2 aromatic carbocycles. The quantitative estimate of drug-likeness (QED) is 0.767. The van der Waals surface area contributed by atoms with Crippen LogP contribution in [0.2, 0.25) is 0 Å². The molecule has 0 radical (unpaired) electrons. The van der Waals surface area contributed by atoms with Gasteiger partial charge in [0.15, 0.2) is 0 Å². The van der Waals surface area contributed by atoms with E-state index in [1.54, 1.807) is 35.0 Å².